The molecule has 0 unspecified atom stereocenters. The van der Waals surface area contributed by atoms with E-state index in [9.17, 15) is 19.5 Å². The van der Waals surface area contributed by atoms with Crippen LogP contribution in [0.5, 0.6) is 5.75 Å². The molecule has 4 rings (SSSR count). The quantitative estimate of drug-likeness (QED) is 0.169. The number of amides is 1. The smallest absolute Gasteiger partial charge is 0.336 e. The molecule has 1 aromatic heterocycles. The van der Waals surface area contributed by atoms with E-state index in [2.05, 4.69) is 15.5 Å². The summed E-state index contributed by atoms with van der Waals surface area (Å²) < 4.78 is 6.65. The summed E-state index contributed by atoms with van der Waals surface area (Å²) in [6.07, 6.45) is 1.27. The monoisotopic (exact) mass is 488 g/mol. The van der Waals surface area contributed by atoms with Gasteiger partial charge in [0.05, 0.1) is 41.2 Å². The molecule has 0 aliphatic carbocycles. The maximum absolute atomic E-state index is 13.3. The molecule has 3 aromatic carbocycles. The molecule has 0 fully saturated rings. The number of para-hydroxylation sites is 1. The van der Waals surface area contributed by atoms with Gasteiger partial charge in [-0.15, -0.1) is 0 Å². The van der Waals surface area contributed by atoms with E-state index in [1.165, 1.54) is 16.8 Å². The number of aromatic nitrogens is 2. The number of rotatable bonds is 8. The number of carbonyl (C=O) groups excluding carboxylic acids is 1. The number of hydrogen-bond acceptors (Lipinski definition) is 7. The number of hydrazone groups is 1. The number of nitrogens with one attached hydrogen (secondary N) is 1. The second kappa shape index (κ2) is 10.7. The Morgan fingerprint density at radius 3 is 2.54 bits per heavy atom. The zero-order chi connectivity index (χ0) is 24.8. The predicted octanol–water partition coefficient (Wildman–Crippen LogP) is 3.33. The van der Waals surface area contributed by atoms with Crippen molar-refractivity contribution < 1.29 is 19.4 Å². The van der Waals surface area contributed by atoms with Crippen molar-refractivity contribution in [1.82, 2.24) is 15.0 Å². The first-order chi connectivity index (χ1) is 17.0. The molecular weight excluding hydrogens is 468 g/mol. The molecule has 176 valence electrons. The van der Waals surface area contributed by atoms with Crippen molar-refractivity contribution in [3.63, 3.8) is 0 Å². The second-order valence-electron chi connectivity index (χ2n) is 7.22. The van der Waals surface area contributed by atoms with Crippen LogP contribution in [0, 0.1) is 0 Å². The number of ether oxygens (including phenoxy) is 1. The molecule has 0 atom stereocenters. The molecule has 1 amide bonds. The van der Waals surface area contributed by atoms with Gasteiger partial charge < -0.3 is 9.84 Å². The standard InChI is InChI=1S/C25H20N4O5S/c1-34-18-12-10-17(11-13-18)29-23(31)20-8-4-5-9-21(20)27-25(29)35-15-22(30)28-26-14-16-6-2-3-7-19(16)24(32)33/h2-14H,15H2,1H3,(H,28,30)(H,32,33)/b26-14+. The first-order valence-corrected chi connectivity index (χ1v) is 11.4. The highest BCUT2D eigenvalue weighted by Gasteiger charge is 2.15. The Hall–Kier alpha value is -4.44. The molecule has 0 saturated carbocycles. The van der Waals surface area contributed by atoms with E-state index in [-0.39, 0.29) is 16.9 Å². The normalized spacial score (nSPS) is 11.0. The lowest BCUT2D eigenvalue weighted by Gasteiger charge is -2.13. The summed E-state index contributed by atoms with van der Waals surface area (Å²) in [4.78, 5) is 41.6. The number of carboxylic acids is 1. The van der Waals surface area contributed by atoms with Gasteiger partial charge in [-0.05, 0) is 42.5 Å². The highest BCUT2D eigenvalue weighted by atomic mass is 32.2. The van der Waals surface area contributed by atoms with Gasteiger partial charge in [0.15, 0.2) is 5.16 Å². The lowest BCUT2D eigenvalue weighted by molar-refractivity contribution is -0.118. The average Bonchev–Trinajstić information content (AvgIpc) is 2.88. The molecule has 0 radical (unpaired) electrons. The van der Waals surface area contributed by atoms with Crippen molar-refractivity contribution in [2.75, 3.05) is 12.9 Å². The summed E-state index contributed by atoms with van der Waals surface area (Å²) in [5.41, 5.74) is 3.66. The Bertz CT molecular complexity index is 1480. The first-order valence-electron chi connectivity index (χ1n) is 10.4. The van der Waals surface area contributed by atoms with E-state index in [0.29, 0.717) is 33.1 Å². The van der Waals surface area contributed by atoms with Crippen LogP contribution < -0.4 is 15.7 Å². The fourth-order valence-electron chi connectivity index (χ4n) is 3.31. The van der Waals surface area contributed by atoms with Gasteiger partial charge in [0.2, 0.25) is 0 Å². The number of hydrogen-bond donors (Lipinski definition) is 2. The molecule has 0 spiro atoms. The number of carboxylic acid groups (broad SMARTS) is 1. The number of nitrogens with zero attached hydrogens (tertiary/aromatic N) is 3. The van der Waals surface area contributed by atoms with Gasteiger partial charge in [-0.25, -0.2) is 15.2 Å². The van der Waals surface area contributed by atoms with E-state index < -0.39 is 11.9 Å². The predicted molar refractivity (Wildman–Crippen MR) is 134 cm³/mol. The van der Waals surface area contributed by atoms with E-state index in [4.69, 9.17) is 4.74 Å². The van der Waals surface area contributed by atoms with Crippen molar-refractivity contribution in [3.05, 3.63) is 94.3 Å². The molecule has 0 aliphatic rings. The molecular formula is C25H20N4O5S. The summed E-state index contributed by atoms with van der Waals surface area (Å²) in [6, 6.07) is 20.3. The highest BCUT2D eigenvalue weighted by Crippen LogP contribution is 2.22. The minimum absolute atomic E-state index is 0.0706. The van der Waals surface area contributed by atoms with Crippen LogP contribution in [-0.4, -0.2) is 45.6 Å². The summed E-state index contributed by atoms with van der Waals surface area (Å²) in [5, 5.41) is 13.9. The van der Waals surface area contributed by atoms with Crippen molar-refractivity contribution in [3.8, 4) is 11.4 Å². The fraction of sp³-hybridized carbons (Fsp3) is 0.0800. The average molecular weight is 489 g/mol. The van der Waals surface area contributed by atoms with Crippen LogP contribution in [0.1, 0.15) is 15.9 Å². The molecule has 2 N–H and O–H groups in total. The van der Waals surface area contributed by atoms with Gasteiger partial charge in [-0.3, -0.25) is 14.2 Å². The van der Waals surface area contributed by atoms with E-state index in [0.717, 1.165) is 11.8 Å². The van der Waals surface area contributed by atoms with Crippen LogP contribution in [0.3, 0.4) is 0 Å². The highest BCUT2D eigenvalue weighted by molar-refractivity contribution is 7.99. The Morgan fingerprint density at radius 1 is 1.09 bits per heavy atom. The van der Waals surface area contributed by atoms with Crippen LogP contribution in [0.4, 0.5) is 0 Å². The summed E-state index contributed by atoms with van der Waals surface area (Å²) in [7, 11) is 1.56. The van der Waals surface area contributed by atoms with Gasteiger partial charge in [0.1, 0.15) is 5.75 Å². The van der Waals surface area contributed by atoms with Crippen LogP contribution in [0.15, 0.2) is 87.8 Å². The van der Waals surface area contributed by atoms with E-state index in [1.54, 1.807) is 73.8 Å². The molecule has 0 aliphatic heterocycles. The van der Waals surface area contributed by atoms with Crippen molar-refractivity contribution >= 4 is 40.8 Å². The summed E-state index contributed by atoms with van der Waals surface area (Å²) in [5.74, 6) is -0.958. The van der Waals surface area contributed by atoms with Crippen molar-refractivity contribution in [1.29, 1.82) is 0 Å². The number of aromatic carboxylic acids is 1. The minimum Gasteiger partial charge on any atom is -0.497 e. The Labute approximate surface area is 204 Å². The topological polar surface area (TPSA) is 123 Å². The largest absolute Gasteiger partial charge is 0.497 e. The lowest BCUT2D eigenvalue weighted by Crippen LogP contribution is -2.24. The molecule has 9 nitrogen and oxygen atoms in total. The number of fused-ring (bicyclic) bond motifs is 1. The van der Waals surface area contributed by atoms with Gasteiger partial charge in [-0.1, -0.05) is 42.1 Å². The van der Waals surface area contributed by atoms with Crippen molar-refractivity contribution in [2.45, 2.75) is 5.16 Å². The van der Waals surface area contributed by atoms with Crippen LogP contribution >= 0.6 is 11.8 Å². The van der Waals surface area contributed by atoms with Gasteiger partial charge >= 0.3 is 5.97 Å². The number of thioether (sulfide) groups is 1. The minimum atomic E-state index is -1.09. The third-order valence-corrected chi connectivity index (χ3v) is 5.93. The Morgan fingerprint density at radius 2 is 1.80 bits per heavy atom. The van der Waals surface area contributed by atoms with Crippen molar-refractivity contribution in [2.24, 2.45) is 5.10 Å². The zero-order valence-electron chi connectivity index (χ0n) is 18.5. The zero-order valence-corrected chi connectivity index (χ0v) is 19.4. The van der Waals surface area contributed by atoms with Crippen LogP contribution in [-0.2, 0) is 4.79 Å². The van der Waals surface area contributed by atoms with Gasteiger partial charge in [0, 0.05) is 5.56 Å². The Kier molecular flexibility index (Phi) is 7.22. The third kappa shape index (κ3) is 5.39. The maximum atomic E-state index is 13.3. The summed E-state index contributed by atoms with van der Waals surface area (Å²) >= 11 is 1.08. The SMILES string of the molecule is COc1ccc(-n2c(SCC(=O)N/N=C/c3ccccc3C(=O)O)nc3ccccc3c2=O)cc1. The first kappa shape index (κ1) is 23.7. The summed E-state index contributed by atoms with van der Waals surface area (Å²) in [6.45, 7) is 0. The molecule has 0 saturated heterocycles. The fourth-order valence-corrected chi connectivity index (χ4v) is 4.11. The molecule has 0 bridgehead atoms. The Balaban J connectivity index is 1.56. The molecule has 35 heavy (non-hydrogen) atoms. The number of benzene rings is 3. The molecule has 1 heterocycles. The second-order valence-corrected chi connectivity index (χ2v) is 8.17. The van der Waals surface area contributed by atoms with Gasteiger partial charge in [-0.2, -0.15) is 5.10 Å². The van der Waals surface area contributed by atoms with Crippen LogP contribution in [0.25, 0.3) is 16.6 Å². The molecule has 10 heteroatoms. The third-order valence-electron chi connectivity index (χ3n) is 4.99. The number of methoxy groups -OCH3 is 1. The maximum Gasteiger partial charge on any atom is 0.336 e. The van der Waals surface area contributed by atoms with E-state index in [1.807, 2.05) is 0 Å². The molecule has 4 aromatic rings. The lowest BCUT2D eigenvalue weighted by atomic mass is 10.1. The van der Waals surface area contributed by atoms with E-state index >= 15 is 0 Å². The van der Waals surface area contributed by atoms with Gasteiger partial charge in [0.25, 0.3) is 11.5 Å². The number of carbonyl (C=O) groups is 2. The van der Waals surface area contributed by atoms with Crippen LogP contribution in [0.2, 0.25) is 0 Å².